The fourth-order valence-corrected chi connectivity index (χ4v) is 3.37. The summed E-state index contributed by atoms with van der Waals surface area (Å²) in [6, 6.07) is 16.9. The molecule has 0 unspecified atom stereocenters. The van der Waals surface area contributed by atoms with E-state index in [4.69, 9.17) is 16.3 Å². The van der Waals surface area contributed by atoms with Gasteiger partial charge in [0.15, 0.2) is 5.82 Å². The lowest BCUT2D eigenvalue weighted by Crippen LogP contribution is -2.09. The summed E-state index contributed by atoms with van der Waals surface area (Å²) >= 11 is 5.88. The molecule has 0 bridgehead atoms. The van der Waals surface area contributed by atoms with Crippen LogP contribution in [0, 0.1) is 17.7 Å². The Balaban J connectivity index is 1.67. The van der Waals surface area contributed by atoms with Crippen LogP contribution in [-0.4, -0.2) is 21.8 Å². The van der Waals surface area contributed by atoms with Crippen molar-refractivity contribution < 1.29 is 18.7 Å². The zero-order chi connectivity index (χ0) is 25.5. The number of nitrogens with one attached hydrogen (secondary N) is 2. The summed E-state index contributed by atoms with van der Waals surface area (Å²) in [7, 11) is 0. The number of halogens is 2. The molecule has 0 aliphatic carbocycles. The Kier molecular flexibility index (Phi) is 7.54. The van der Waals surface area contributed by atoms with Crippen molar-refractivity contribution in [3.05, 3.63) is 102 Å². The summed E-state index contributed by atoms with van der Waals surface area (Å²) < 4.78 is 19.6. The summed E-state index contributed by atoms with van der Waals surface area (Å²) in [5.74, 6) is 3.56. The first kappa shape index (κ1) is 24.4. The summed E-state index contributed by atoms with van der Waals surface area (Å²) in [4.78, 5) is 32.7. The minimum Gasteiger partial charge on any atom is -0.451 e. The second-order valence-electron chi connectivity index (χ2n) is 7.37. The third-order valence-corrected chi connectivity index (χ3v) is 5.23. The number of fused-ring (bicyclic) bond motifs is 1. The Hall–Kier alpha value is -4.74. The molecule has 1 aromatic heterocycles. The Morgan fingerprint density at radius 1 is 1.08 bits per heavy atom. The highest BCUT2D eigenvalue weighted by molar-refractivity contribution is 6.31. The molecule has 1 heterocycles. The molecule has 9 heteroatoms. The minimum atomic E-state index is -0.735. The zero-order valence-electron chi connectivity index (χ0n) is 18.7. The van der Waals surface area contributed by atoms with E-state index >= 15 is 0 Å². The molecule has 3 aromatic carbocycles. The number of hydrogen-bond donors (Lipinski definition) is 2. The highest BCUT2D eigenvalue weighted by atomic mass is 35.5. The molecule has 178 valence electrons. The highest BCUT2D eigenvalue weighted by Crippen LogP contribution is 2.30. The van der Waals surface area contributed by atoms with Crippen LogP contribution in [0.5, 0.6) is 0 Å². The van der Waals surface area contributed by atoms with Gasteiger partial charge in [-0.1, -0.05) is 60.5 Å². The minimum absolute atomic E-state index is 0.0472. The number of carbonyl (C=O) groups is 2. The number of aromatic nitrogens is 2. The molecule has 0 aliphatic heterocycles. The van der Waals surface area contributed by atoms with Gasteiger partial charge in [-0.3, -0.25) is 4.79 Å². The molecule has 2 N–H and O–H groups in total. The third-order valence-electron chi connectivity index (χ3n) is 4.93. The SMILES string of the molecule is C=CC(=O)Nc1cc2c(Nc3cccc(Cl)c3F)ncnc2cc1C#CC(=O)OCc1ccccc1. The first-order valence-corrected chi connectivity index (χ1v) is 11.0. The lowest BCUT2D eigenvalue weighted by Gasteiger charge is -2.12. The van der Waals surface area contributed by atoms with Gasteiger partial charge in [-0.2, -0.15) is 0 Å². The van der Waals surface area contributed by atoms with Crippen molar-refractivity contribution in [3.8, 4) is 11.8 Å². The number of benzene rings is 3. The Bertz CT molecular complexity index is 1530. The second-order valence-corrected chi connectivity index (χ2v) is 7.78. The maximum absolute atomic E-state index is 14.4. The molecule has 36 heavy (non-hydrogen) atoms. The maximum Gasteiger partial charge on any atom is 0.385 e. The van der Waals surface area contributed by atoms with E-state index in [-0.39, 0.29) is 28.8 Å². The maximum atomic E-state index is 14.4. The van der Waals surface area contributed by atoms with Crippen molar-refractivity contribution >= 4 is 51.6 Å². The summed E-state index contributed by atoms with van der Waals surface area (Å²) in [6.07, 6.45) is 2.39. The summed E-state index contributed by atoms with van der Waals surface area (Å²) in [6.45, 7) is 3.53. The van der Waals surface area contributed by atoms with Crippen LogP contribution in [-0.2, 0) is 20.9 Å². The Morgan fingerprint density at radius 3 is 2.67 bits per heavy atom. The van der Waals surface area contributed by atoms with Gasteiger partial charge >= 0.3 is 5.97 Å². The molecule has 0 saturated carbocycles. The van der Waals surface area contributed by atoms with Crippen molar-refractivity contribution in [2.24, 2.45) is 0 Å². The van der Waals surface area contributed by atoms with E-state index in [1.54, 1.807) is 18.2 Å². The van der Waals surface area contributed by atoms with Crippen LogP contribution >= 0.6 is 11.6 Å². The highest BCUT2D eigenvalue weighted by Gasteiger charge is 2.13. The van der Waals surface area contributed by atoms with Gasteiger partial charge in [0.2, 0.25) is 5.91 Å². The molecule has 0 fully saturated rings. The molecule has 0 aliphatic rings. The van der Waals surface area contributed by atoms with Crippen LogP contribution in [0.25, 0.3) is 10.9 Å². The van der Waals surface area contributed by atoms with E-state index in [1.807, 2.05) is 30.3 Å². The average molecular weight is 501 g/mol. The summed E-state index contributed by atoms with van der Waals surface area (Å²) in [5, 5.41) is 5.97. The lowest BCUT2D eigenvalue weighted by molar-refractivity contribution is -0.137. The van der Waals surface area contributed by atoms with Gasteiger partial charge in [0.1, 0.15) is 18.8 Å². The van der Waals surface area contributed by atoms with Crippen LogP contribution in [0.15, 0.2) is 79.6 Å². The normalized spacial score (nSPS) is 10.2. The van der Waals surface area contributed by atoms with Crippen molar-refractivity contribution in [2.75, 3.05) is 10.6 Å². The number of hydrogen-bond acceptors (Lipinski definition) is 6. The topological polar surface area (TPSA) is 93.2 Å². The molecule has 7 nitrogen and oxygen atoms in total. The van der Waals surface area contributed by atoms with E-state index in [0.717, 1.165) is 11.6 Å². The van der Waals surface area contributed by atoms with E-state index < -0.39 is 17.7 Å². The van der Waals surface area contributed by atoms with Crippen LogP contribution in [0.2, 0.25) is 5.02 Å². The number of esters is 1. The van der Waals surface area contributed by atoms with Crippen molar-refractivity contribution in [1.29, 1.82) is 0 Å². The standard InChI is InChI=1S/C27H18ClFN4O3/c1-2-24(34)32-22-14-19-23(30-16-31-27(19)33-21-10-6-9-20(28)26(21)29)13-18(22)11-12-25(35)36-15-17-7-4-3-5-8-17/h2-10,13-14,16H,1,15H2,(H,32,34)(H,30,31,33). The molecule has 0 radical (unpaired) electrons. The molecule has 1 amide bonds. The van der Waals surface area contributed by atoms with E-state index in [2.05, 4.69) is 39.0 Å². The quantitative estimate of drug-likeness (QED) is 0.209. The van der Waals surface area contributed by atoms with Crippen LogP contribution in [0.3, 0.4) is 0 Å². The smallest absolute Gasteiger partial charge is 0.385 e. The Labute approximate surface area is 211 Å². The molecule has 4 rings (SSSR count). The monoisotopic (exact) mass is 500 g/mol. The van der Waals surface area contributed by atoms with Gasteiger partial charge in [-0.05, 0) is 35.9 Å². The average Bonchev–Trinajstić information content (AvgIpc) is 2.89. The fourth-order valence-electron chi connectivity index (χ4n) is 3.20. The van der Waals surface area contributed by atoms with Gasteiger partial charge in [0.25, 0.3) is 0 Å². The van der Waals surface area contributed by atoms with Gasteiger partial charge in [0, 0.05) is 11.3 Å². The zero-order valence-corrected chi connectivity index (χ0v) is 19.5. The second kappa shape index (κ2) is 11.1. The molecule has 4 aromatic rings. The largest absolute Gasteiger partial charge is 0.451 e. The van der Waals surface area contributed by atoms with Gasteiger partial charge in [-0.25, -0.2) is 19.2 Å². The molecular weight excluding hydrogens is 483 g/mol. The number of rotatable bonds is 6. The number of amides is 1. The number of carbonyl (C=O) groups excluding carboxylic acids is 2. The molecule has 0 atom stereocenters. The lowest BCUT2D eigenvalue weighted by atomic mass is 10.1. The first-order valence-electron chi connectivity index (χ1n) is 10.6. The van der Waals surface area contributed by atoms with Crippen molar-refractivity contribution in [1.82, 2.24) is 9.97 Å². The molecule has 0 saturated heterocycles. The van der Waals surface area contributed by atoms with Crippen LogP contribution in [0.4, 0.5) is 21.6 Å². The van der Waals surface area contributed by atoms with Crippen LogP contribution in [0.1, 0.15) is 11.1 Å². The summed E-state index contributed by atoms with van der Waals surface area (Å²) in [5.41, 5.74) is 1.97. The number of anilines is 3. The first-order chi connectivity index (χ1) is 17.4. The predicted octanol–water partition coefficient (Wildman–Crippen LogP) is 5.39. The van der Waals surface area contributed by atoms with E-state index in [1.165, 1.54) is 18.5 Å². The molecular formula is C27H18ClFN4O3. The third kappa shape index (κ3) is 5.84. The number of ether oxygens (including phenoxy) is 1. The Morgan fingerprint density at radius 2 is 1.89 bits per heavy atom. The van der Waals surface area contributed by atoms with Crippen molar-refractivity contribution in [2.45, 2.75) is 6.61 Å². The van der Waals surface area contributed by atoms with Gasteiger partial charge in [-0.15, -0.1) is 0 Å². The van der Waals surface area contributed by atoms with Gasteiger partial charge in [0.05, 0.1) is 27.5 Å². The predicted molar refractivity (Wildman–Crippen MR) is 136 cm³/mol. The number of nitrogens with zero attached hydrogens (tertiary/aromatic N) is 2. The van der Waals surface area contributed by atoms with Gasteiger partial charge < -0.3 is 15.4 Å². The van der Waals surface area contributed by atoms with Crippen LogP contribution < -0.4 is 10.6 Å². The van der Waals surface area contributed by atoms with E-state index in [9.17, 15) is 14.0 Å². The molecule has 0 spiro atoms. The van der Waals surface area contributed by atoms with Crippen molar-refractivity contribution in [3.63, 3.8) is 0 Å². The fraction of sp³-hybridized carbons (Fsp3) is 0.0370. The van der Waals surface area contributed by atoms with E-state index in [0.29, 0.717) is 16.5 Å².